The van der Waals surface area contributed by atoms with Crippen LogP contribution in [0.1, 0.15) is 36.1 Å². The zero-order chi connectivity index (χ0) is 17.3. The van der Waals surface area contributed by atoms with E-state index in [1.165, 1.54) is 48.4 Å². The Morgan fingerprint density at radius 1 is 0.615 bits per heavy atom. The Labute approximate surface area is 155 Å². The molecular formula is C22H28N4. The molecule has 0 amide bonds. The van der Waals surface area contributed by atoms with E-state index in [9.17, 15) is 0 Å². The molecule has 0 aliphatic carbocycles. The van der Waals surface area contributed by atoms with Crippen LogP contribution in [0.15, 0.2) is 48.5 Å². The second kappa shape index (κ2) is 6.93. The Balaban J connectivity index is 0.000000115. The van der Waals surface area contributed by atoms with E-state index in [-0.39, 0.29) is 0 Å². The highest BCUT2D eigenvalue weighted by Crippen LogP contribution is 2.38. The Morgan fingerprint density at radius 2 is 1.08 bits per heavy atom. The summed E-state index contributed by atoms with van der Waals surface area (Å²) in [6.07, 6.45) is 2.62. The van der Waals surface area contributed by atoms with Crippen molar-refractivity contribution in [3.63, 3.8) is 0 Å². The third-order valence-electron chi connectivity index (χ3n) is 6.40. The van der Waals surface area contributed by atoms with Crippen LogP contribution < -0.4 is 21.3 Å². The SMILES string of the molecule is c1ccc2c(c1)NC[C@@H]1CCN[C@H]21.c1ccc2c(c1)NC[C@H]1CCN[C@@H]21. The second-order valence-corrected chi connectivity index (χ2v) is 7.90. The first-order valence-electron chi connectivity index (χ1n) is 10.0. The summed E-state index contributed by atoms with van der Waals surface area (Å²) < 4.78 is 0. The minimum absolute atomic E-state index is 0.609. The van der Waals surface area contributed by atoms with Gasteiger partial charge in [-0.1, -0.05) is 36.4 Å². The van der Waals surface area contributed by atoms with Crippen LogP contribution in [0.25, 0.3) is 0 Å². The molecular weight excluding hydrogens is 320 g/mol. The summed E-state index contributed by atoms with van der Waals surface area (Å²) in [6, 6.07) is 18.5. The predicted molar refractivity (Wildman–Crippen MR) is 108 cm³/mol. The second-order valence-electron chi connectivity index (χ2n) is 7.90. The summed E-state index contributed by atoms with van der Waals surface area (Å²) in [4.78, 5) is 0. The maximum atomic E-state index is 3.57. The van der Waals surface area contributed by atoms with Gasteiger partial charge in [0.05, 0.1) is 0 Å². The molecule has 2 fully saturated rings. The third kappa shape index (κ3) is 2.87. The highest BCUT2D eigenvalue weighted by Gasteiger charge is 2.33. The molecule has 0 unspecified atom stereocenters. The first-order chi connectivity index (χ1) is 12.9. The molecule has 4 aliphatic rings. The van der Waals surface area contributed by atoms with Gasteiger partial charge in [-0.05, 0) is 61.0 Å². The monoisotopic (exact) mass is 348 g/mol. The van der Waals surface area contributed by atoms with E-state index in [1.54, 1.807) is 0 Å². The van der Waals surface area contributed by atoms with Crippen LogP contribution in [0.5, 0.6) is 0 Å². The molecule has 136 valence electrons. The Hall–Kier alpha value is -2.04. The lowest BCUT2D eigenvalue weighted by Gasteiger charge is -2.29. The lowest BCUT2D eigenvalue weighted by atomic mass is 9.90. The zero-order valence-corrected chi connectivity index (χ0v) is 15.2. The topological polar surface area (TPSA) is 48.1 Å². The van der Waals surface area contributed by atoms with Crippen LogP contribution in [-0.4, -0.2) is 26.2 Å². The normalized spacial score (nSPS) is 30.5. The maximum absolute atomic E-state index is 3.57. The Morgan fingerprint density at radius 3 is 1.58 bits per heavy atom. The number of anilines is 2. The standard InChI is InChI=1S/2C11H14N2/c2*1-2-4-10-9(3-1)11-8(7-13-10)5-6-12-11/h2*1-4,8,11-13H,5-7H2/t2*8-,11-/m10/s1. The first-order valence-corrected chi connectivity index (χ1v) is 10.0. The predicted octanol–water partition coefficient (Wildman–Crippen LogP) is 3.53. The summed E-state index contributed by atoms with van der Waals surface area (Å²) >= 11 is 0. The third-order valence-corrected chi connectivity index (χ3v) is 6.40. The lowest BCUT2D eigenvalue weighted by Crippen LogP contribution is -2.28. The van der Waals surface area contributed by atoms with Crippen LogP contribution >= 0.6 is 0 Å². The molecule has 4 aliphatic heterocycles. The van der Waals surface area contributed by atoms with Gasteiger partial charge in [0.15, 0.2) is 0 Å². The van der Waals surface area contributed by atoms with E-state index in [1.807, 2.05) is 0 Å². The molecule has 4 N–H and O–H groups in total. The number of fused-ring (bicyclic) bond motifs is 6. The summed E-state index contributed by atoms with van der Waals surface area (Å²) in [5.74, 6) is 1.60. The van der Waals surface area contributed by atoms with Crippen molar-refractivity contribution in [2.45, 2.75) is 24.9 Å². The van der Waals surface area contributed by atoms with E-state index in [0.717, 1.165) is 24.9 Å². The molecule has 0 aromatic heterocycles. The lowest BCUT2D eigenvalue weighted by molar-refractivity contribution is 0.470. The molecule has 4 heterocycles. The molecule has 2 aromatic carbocycles. The van der Waals surface area contributed by atoms with E-state index in [2.05, 4.69) is 69.8 Å². The smallest absolute Gasteiger partial charge is 0.0388 e. The van der Waals surface area contributed by atoms with Crippen molar-refractivity contribution < 1.29 is 0 Å². The van der Waals surface area contributed by atoms with Crippen molar-refractivity contribution in [3.8, 4) is 0 Å². The average Bonchev–Trinajstić information content (AvgIpc) is 3.38. The summed E-state index contributed by atoms with van der Waals surface area (Å²) in [7, 11) is 0. The number of hydrogen-bond donors (Lipinski definition) is 4. The zero-order valence-electron chi connectivity index (χ0n) is 15.2. The van der Waals surface area contributed by atoms with Crippen LogP contribution in [0.3, 0.4) is 0 Å². The highest BCUT2D eigenvalue weighted by molar-refractivity contribution is 5.56. The highest BCUT2D eigenvalue weighted by atomic mass is 15.0. The van der Waals surface area contributed by atoms with Gasteiger partial charge in [0, 0.05) is 36.5 Å². The van der Waals surface area contributed by atoms with Gasteiger partial charge < -0.3 is 21.3 Å². The molecule has 0 bridgehead atoms. The van der Waals surface area contributed by atoms with Crippen LogP contribution in [0.4, 0.5) is 11.4 Å². The number of nitrogens with one attached hydrogen (secondary N) is 4. The van der Waals surface area contributed by atoms with Crippen LogP contribution in [0.2, 0.25) is 0 Å². The number of benzene rings is 2. The van der Waals surface area contributed by atoms with Gasteiger partial charge >= 0.3 is 0 Å². The molecule has 4 heteroatoms. The molecule has 0 spiro atoms. The molecule has 26 heavy (non-hydrogen) atoms. The van der Waals surface area contributed by atoms with Crippen LogP contribution in [-0.2, 0) is 0 Å². The van der Waals surface area contributed by atoms with Gasteiger partial charge in [0.2, 0.25) is 0 Å². The fourth-order valence-electron chi connectivity index (χ4n) is 5.02. The number of rotatable bonds is 0. The van der Waals surface area contributed by atoms with Crippen molar-refractivity contribution >= 4 is 11.4 Å². The van der Waals surface area contributed by atoms with Gasteiger partial charge in [-0.15, -0.1) is 0 Å². The van der Waals surface area contributed by atoms with Gasteiger partial charge in [-0.25, -0.2) is 0 Å². The molecule has 0 radical (unpaired) electrons. The molecule has 6 rings (SSSR count). The molecule has 4 atom stereocenters. The van der Waals surface area contributed by atoms with Gasteiger partial charge in [-0.2, -0.15) is 0 Å². The number of hydrogen-bond acceptors (Lipinski definition) is 4. The molecule has 2 aromatic rings. The summed E-state index contributed by atoms with van der Waals surface area (Å²) in [6.45, 7) is 4.61. The van der Waals surface area contributed by atoms with E-state index >= 15 is 0 Å². The van der Waals surface area contributed by atoms with E-state index in [4.69, 9.17) is 0 Å². The number of para-hydroxylation sites is 2. The van der Waals surface area contributed by atoms with Crippen molar-refractivity contribution in [2.75, 3.05) is 36.8 Å². The minimum atomic E-state index is 0.609. The van der Waals surface area contributed by atoms with Gasteiger partial charge in [0.1, 0.15) is 0 Å². The molecule has 0 saturated carbocycles. The maximum Gasteiger partial charge on any atom is 0.0388 e. The largest absolute Gasteiger partial charge is 0.384 e. The first kappa shape index (κ1) is 16.2. The van der Waals surface area contributed by atoms with Gasteiger partial charge in [0.25, 0.3) is 0 Å². The molecule has 2 saturated heterocycles. The minimum Gasteiger partial charge on any atom is -0.384 e. The van der Waals surface area contributed by atoms with Crippen molar-refractivity contribution in [3.05, 3.63) is 59.7 Å². The quantitative estimate of drug-likeness (QED) is 0.588. The fourth-order valence-corrected chi connectivity index (χ4v) is 5.02. The average molecular weight is 348 g/mol. The summed E-state index contributed by atoms with van der Waals surface area (Å²) in [5.41, 5.74) is 5.55. The molecule has 4 nitrogen and oxygen atoms in total. The summed E-state index contributed by atoms with van der Waals surface area (Å²) in [5, 5.41) is 14.1. The van der Waals surface area contributed by atoms with Crippen molar-refractivity contribution in [2.24, 2.45) is 11.8 Å². The van der Waals surface area contributed by atoms with E-state index < -0.39 is 0 Å². The Kier molecular flexibility index (Phi) is 4.31. The van der Waals surface area contributed by atoms with Gasteiger partial charge in [-0.3, -0.25) is 0 Å². The van der Waals surface area contributed by atoms with E-state index in [0.29, 0.717) is 12.1 Å². The van der Waals surface area contributed by atoms with Crippen molar-refractivity contribution in [1.82, 2.24) is 10.6 Å². The van der Waals surface area contributed by atoms with Crippen LogP contribution in [0, 0.1) is 11.8 Å². The van der Waals surface area contributed by atoms with Crippen molar-refractivity contribution in [1.29, 1.82) is 0 Å². The fraction of sp³-hybridized carbons (Fsp3) is 0.455. The Bertz CT molecular complexity index is 709.